The Kier molecular flexibility index (Phi) is 4.91. The van der Waals surface area contributed by atoms with Gasteiger partial charge in [-0.25, -0.2) is 4.39 Å². The van der Waals surface area contributed by atoms with E-state index in [9.17, 15) is 4.39 Å². The van der Waals surface area contributed by atoms with Gasteiger partial charge in [0, 0.05) is 0 Å². The van der Waals surface area contributed by atoms with Crippen molar-refractivity contribution in [2.24, 2.45) is 5.73 Å². The van der Waals surface area contributed by atoms with Crippen LogP contribution in [0.4, 0.5) is 4.39 Å². The summed E-state index contributed by atoms with van der Waals surface area (Å²) < 4.78 is 12.9. The zero-order chi connectivity index (χ0) is 9.14. The maximum absolute atomic E-state index is 12.9. The van der Waals surface area contributed by atoms with Crippen LogP contribution < -0.4 is 5.73 Å². The van der Waals surface area contributed by atoms with Crippen LogP contribution in [0.2, 0.25) is 0 Å². The molecule has 0 radical (unpaired) electrons. The quantitative estimate of drug-likeness (QED) is 0.770. The fourth-order valence-electron chi connectivity index (χ4n) is 0.945. The van der Waals surface area contributed by atoms with E-state index in [0.717, 1.165) is 0 Å². The minimum absolute atomic E-state index is 0. The Morgan fingerprint density at radius 1 is 1.54 bits per heavy atom. The monoisotopic (exact) mass is 205 g/mol. The van der Waals surface area contributed by atoms with Crippen LogP contribution in [0.1, 0.15) is 17.2 Å². The van der Waals surface area contributed by atoms with E-state index in [4.69, 9.17) is 10.8 Å². The molecule has 0 saturated carbocycles. The fourth-order valence-corrected chi connectivity index (χ4v) is 0.945. The van der Waals surface area contributed by atoms with Gasteiger partial charge < -0.3 is 10.8 Å². The van der Waals surface area contributed by atoms with Gasteiger partial charge in [-0.2, -0.15) is 0 Å². The molecule has 0 saturated heterocycles. The maximum Gasteiger partial charge on any atom is 0.126 e. The lowest BCUT2D eigenvalue weighted by Crippen LogP contribution is -2.14. The molecule has 0 heterocycles. The van der Waals surface area contributed by atoms with Crippen molar-refractivity contribution in [3.63, 3.8) is 0 Å². The summed E-state index contributed by atoms with van der Waals surface area (Å²) in [6, 6.07) is 4.25. The van der Waals surface area contributed by atoms with E-state index in [0.29, 0.717) is 11.1 Å². The lowest BCUT2D eigenvalue weighted by atomic mass is 10.1. The van der Waals surface area contributed by atoms with Gasteiger partial charge in [0.25, 0.3) is 0 Å². The van der Waals surface area contributed by atoms with Gasteiger partial charge in [-0.05, 0) is 24.1 Å². The molecule has 1 atom stereocenters. The SMILES string of the molecule is Cc1ccc([C@H](N)CO)cc1F.Cl. The molecule has 0 amide bonds. The van der Waals surface area contributed by atoms with E-state index in [-0.39, 0.29) is 24.8 Å². The van der Waals surface area contributed by atoms with Gasteiger partial charge in [0.1, 0.15) is 5.82 Å². The second-order valence-corrected chi connectivity index (χ2v) is 2.80. The average Bonchev–Trinajstić information content (AvgIpc) is 2.08. The summed E-state index contributed by atoms with van der Waals surface area (Å²) in [7, 11) is 0. The summed E-state index contributed by atoms with van der Waals surface area (Å²) in [6.45, 7) is 1.52. The van der Waals surface area contributed by atoms with Gasteiger partial charge in [-0.1, -0.05) is 12.1 Å². The predicted octanol–water partition coefficient (Wildman–Crippen LogP) is 1.55. The van der Waals surface area contributed by atoms with Gasteiger partial charge in [0.15, 0.2) is 0 Å². The number of rotatable bonds is 2. The van der Waals surface area contributed by atoms with E-state index in [1.807, 2.05) is 0 Å². The van der Waals surface area contributed by atoms with Gasteiger partial charge in [-0.15, -0.1) is 12.4 Å². The van der Waals surface area contributed by atoms with Crippen molar-refractivity contribution in [3.05, 3.63) is 35.1 Å². The van der Waals surface area contributed by atoms with E-state index < -0.39 is 6.04 Å². The summed E-state index contributed by atoms with van der Waals surface area (Å²) in [5, 5.41) is 8.70. The second-order valence-electron chi connectivity index (χ2n) is 2.80. The number of hydrogen-bond acceptors (Lipinski definition) is 2. The summed E-state index contributed by atoms with van der Waals surface area (Å²) in [5.74, 6) is -0.281. The molecular formula is C9H13ClFNO. The number of aliphatic hydroxyl groups is 1. The molecule has 0 aromatic heterocycles. The Morgan fingerprint density at radius 3 is 2.62 bits per heavy atom. The highest BCUT2D eigenvalue weighted by Crippen LogP contribution is 2.13. The number of halogens is 2. The number of benzene rings is 1. The van der Waals surface area contributed by atoms with Gasteiger partial charge >= 0.3 is 0 Å². The third kappa shape index (κ3) is 2.95. The molecule has 0 aliphatic carbocycles. The van der Waals surface area contributed by atoms with Crippen LogP contribution in [0.15, 0.2) is 18.2 Å². The summed E-state index contributed by atoms with van der Waals surface area (Å²) in [4.78, 5) is 0. The van der Waals surface area contributed by atoms with Gasteiger partial charge in [0.05, 0.1) is 12.6 Å². The van der Waals surface area contributed by atoms with E-state index in [2.05, 4.69) is 0 Å². The van der Waals surface area contributed by atoms with E-state index in [1.54, 1.807) is 19.1 Å². The topological polar surface area (TPSA) is 46.2 Å². The zero-order valence-electron chi connectivity index (χ0n) is 7.33. The molecule has 0 unspecified atom stereocenters. The Balaban J connectivity index is 0.00000144. The highest BCUT2D eigenvalue weighted by Gasteiger charge is 2.05. The summed E-state index contributed by atoms with van der Waals surface area (Å²) in [5.41, 5.74) is 6.71. The van der Waals surface area contributed by atoms with Crippen LogP contribution in [-0.4, -0.2) is 11.7 Å². The molecular weight excluding hydrogens is 193 g/mol. The number of hydrogen-bond donors (Lipinski definition) is 2. The largest absolute Gasteiger partial charge is 0.394 e. The molecule has 13 heavy (non-hydrogen) atoms. The van der Waals surface area contributed by atoms with E-state index >= 15 is 0 Å². The van der Waals surface area contributed by atoms with Crippen LogP contribution >= 0.6 is 12.4 Å². The van der Waals surface area contributed by atoms with Crippen LogP contribution in [-0.2, 0) is 0 Å². The third-order valence-corrected chi connectivity index (χ3v) is 1.82. The molecule has 74 valence electrons. The van der Waals surface area contributed by atoms with Crippen LogP contribution in [0.5, 0.6) is 0 Å². The minimum Gasteiger partial charge on any atom is -0.394 e. The standard InChI is InChI=1S/C9H12FNO.ClH/c1-6-2-3-7(4-8(6)10)9(11)5-12;/h2-4,9,12H,5,11H2,1H3;1H/t9-;/m1./s1. The molecule has 2 nitrogen and oxygen atoms in total. The minimum atomic E-state index is -0.486. The van der Waals surface area contributed by atoms with Crippen LogP contribution in [0.25, 0.3) is 0 Å². The number of aliphatic hydroxyl groups excluding tert-OH is 1. The number of nitrogens with two attached hydrogens (primary N) is 1. The highest BCUT2D eigenvalue weighted by molar-refractivity contribution is 5.85. The smallest absolute Gasteiger partial charge is 0.126 e. The zero-order valence-corrected chi connectivity index (χ0v) is 8.14. The molecule has 0 spiro atoms. The number of aryl methyl sites for hydroxylation is 1. The molecule has 0 aliphatic rings. The first-order chi connectivity index (χ1) is 5.65. The first-order valence-electron chi connectivity index (χ1n) is 3.77. The van der Waals surface area contributed by atoms with Crippen molar-refractivity contribution < 1.29 is 9.50 Å². The van der Waals surface area contributed by atoms with Crippen LogP contribution in [0, 0.1) is 12.7 Å². The fraction of sp³-hybridized carbons (Fsp3) is 0.333. The highest BCUT2D eigenvalue weighted by atomic mass is 35.5. The lowest BCUT2D eigenvalue weighted by molar-refractivity contribution is 0.268. The molecule has 1 aromatic carbocycles. The molecule has 4 heteroatoms. The first kappa shape index (κ1) is 12.4. The molecule has 0 bridgehead atoms. The molecule has 0 fully saturated rings. The van der Waals surface area contributed by atoms with Crippen LogP contribution in [0.3, 0.4) is 0 Å². The first-order valence-corrected chi connectivity index (χ1v) is 3.77. The Morgan fingerprint density at radius 2 is 2.15 bits per heavy atom. The Bertz CT molecular complexity index is 280. The molecule has 1 rings (SSSR count). The van der Waals surface area contributed by atoms with Crippen molar-refractivity contribution in [1.29, 1.82) is 0 Å². The van der Waals surface area contributed by atoms with Crippen molar-refractivity contribution in [3.8, 4) is 0 Å². The third-order valence-electron chi connectivity index (χ3n) is 1.82. The predicted molar refractivity (Wildman–Crippen MR) is 52.4 cm³/mol. The van der Waals surface area contributed by atoms with Gasteiger partial charge in [0.2, 0.25) is 0 Å². The molecule has 0 aliphatic heterocycles. The second kappa shape index (κ2) is 5.17. The molecule has 3 N–H and O–H groups in total. The van der Waals surface area contributed by atoms with Crippen molar-refractivity contribution in [1.82, 2.24) is 0 Å². The lowest BCUT2D eigenvalue weighted by Gasteiger charge is -2.08. The molecule has 1 aromatic rings. The Hall–Kier alpha value is -0.640. The normalized spacial score (nSPS) is 12.0. The van der Waals surface area contributed by atoms with Crippen molar-refractivity contribution in [2.45, 2.75) is 13.0 Å². The van der Waals surface area contributed by atoms with E-state index in [1.165, 1.54) is 6.07 Å². The van der Waals surface area contributed by atoms with Crippen molar-refractivity contribution >= 4 is 12.4 Å². The average molecular weight is 206 g/mol. The van der Waals surface area contributed by atoms with Gasteiger partial charge in [-0.3, -0.25) is 0 Å². The summed E-state index contributed by atoms with van der Waals surface area (Å²) >= 11 is 0. The Labute approximate surface area is 83.0 Å². The summed E-state index contributed by atoms with van der Waals surface area (Å²) in [6.07, 6.45) is 0. The van der Waals surface area contributed by atoms with Crippen molar-refractivity contribution in [2.75, 3.05) is 6.61 Å². The maximum atomic E-state index is 12.9.